The molecule has 0 aromatic rings. The molecule has 6 heteroatoms. The lowest BCUT2D eigenvalue weighted by Crippen LogP contribution is -2.32. The van der Waals surface area contributed by atoms with Crippen LogP contribution in [0, 0.1) is 0 Å². The Balaban J connectivity index is 3.19. The van der Waals surface area contributed by atoms with E-state index in [1.54, 1.807) is 0 Å². The molecule has 70 valence electrons. The van der Waals surface area contributed by atoms with E-state index in [2.05, 4.69) is 0 Å². The number of carbonyl (C=O) groups is 2. The van der Waals surface area contributed by atoms with Gasteiger partial charge in [0.15, 0.2) is 0 Å². The molecule has 0 aliphatic rings. The standard InChI is InChI=1S/C6H11NO3S2/c7-5(6(9)10)4-12-11-3-1-2-8/h2,5H,1,3-4,7H2,(H,9,10)/t5-/m1/s1. The molecule has 0 radical (unpaired) electrons. The minimum Gasteiger partial charge on any atom is -0.480 e. The monoisotopic (exact) mass is 209 g/mol. The first-order valence-electron chi connectivity index (χ1n) is 3.35. The summed E-state index contributed by atoms with van der Waals surface area (Å²) in [7, 11) is 2.85. The van der Waals surface area contributed by atoms with Crippen LogP contribution in [0.3, 0.4) is 0 Å². The van der Waals surface area contributed by atoms with E-state index in [-0.39, 0.29) is 0 Å². The first-order valence-corrected chi connectivity index (χ1v) is 5.83. The second kappa shape index (κ2) is 7.45. The molecule has 12 heavy (non-hydrogen) atoms. The fourth-order valence-corrected chi connectivity index (χ4v) is 2.41. The third-order valence-corrected chi connectivity index (χ3v) is 3.44. The van der Waals surface area contributed by atoms with Gasteiger partial charge >= 0.3 is 5.97 Å². The molecule has 0 saturated carbocycles. The summed E-state index contributed by atoms with van der Waals surface area (Å²) in [4.78, 5) is 20.1. The van der Waals surface area contributed by atoms with E-state index >= 15 is 0 Å². The molecule has 0 heterocycles. The minimum atomic E-state index is -0.988. The van der Waals surface area contributed by atoms with Gasteiger partial charge in [-0.2, -0.15) is 0 Å². The predicted octanol–water partition coefficient (Wildman–Crippen LogP) is 0.369. The maximum Gasteiger partial charge on any atom is 0.321 e. The van der Waals surface area contributed by atoms with Crippen LogP contribution in [0.15, 0.2) is 0 Å². The van der Waals surface area contributed by atoms with Crippen LogP contribution in [0.4, 0.5) is 0 Å². The predicted molar refractivity (Wildman–Crippen MR) is 51.2 cm³/mol. The quantitative estimate of drug-likeness (QED) is 0.358. The summed E-state index contributed by atoms with van der Waals surface area (Å²) in [6.45, 7) is 0. The fraction of sp³-hybridized carbons (Fsp3) is 0.667. The zero-order valence-electron chi connectivity index (χ0n) is 6.43. The maximum absolute atomic E-state index is 10.2. The summed E-state index contributed by atoms with van der Waals surface area (Å²) < 4.78 is 0. The van der Waals surface area contributed by atoms with Crippen LogP contribution in [0.5, 0.6) is 0 Å². The second-order valence-corrected chi connectivity index (χ2v) is 4.63. The lowest BCUT2D eigenvalue weighted by Gasteiger charge is -2.03. The Kier molecular flexibility index (Phi) is 7.33. The zero-order valence-corrected chi connectivity index (χ0v) is 8.07. The first kappa shape index (κ1) is 11.8. The van der Waals surface area contributed by atoms with Gasteiger partial charge in [-0.1, -0.05) is 21.6 Å². The third-order valence-electron chi connectivity index (χ3n) is 0.967. The molecule has 3 N–H and O–H groups in total. The number of carboxylic acids is 1. The fourth-order valence-electron chi connectivity index (χ4n) is 0.348. The first-order chi connectivity index (χ1) is 5.68. The molecule has 0 aromatic carbocycles. The molecule has 0 aromatic heterocycles. The van der Waals surface area contributed by atoms with Crippen molar-refractivity contribution in [2.45, 2.75) is 12.5 Å². The SMILES string of the molecule is N[C@H](CSSCCC=O)C(=O)O. The highest BCUT2D eigenvalue weighted by atomic mass is 33.1. The summed E-state index contributed by atoms with van der Waals surface area (Å²) in [5.74, 6) is 0.0952. The van der Waals surface area contributed by atoms with Crippen LogP contribution in [-0.2, 0) is 9.59 Å². The summed E-state index contributed by atoms with van der Waals surface area (Å²) >= 11 is 0. The molecular weight excluding hydrogens is 198 g/mol. The number of aldehydes is 1. The lowest BCUT2D eigenvalue weighted by molar-refractivity contribution is -0.137. The Morgan fingerprint density at radius 2 is 2.25 bits per heavy atom. The van der Waals surface area contributed by atoms with Crippen molar-refractivity contribution in [3.63, 3.8) is 0 Å². The Labute approximate surface area is 78.7 Å². The Morgan fingerprint density at radius 3 is 2.75 bits per heavy atom. The van der Waals surface area contributed by atoms with Gasteiger partial charge in [0.1, 0.15) is 12.3 Å². The van der Waals surface area contributed by atoms with E-state index < -0.39 is 12.0 Å². The number of carboxylic acid groups (broad SMARTS) is 1. The topological polar surface area (TPSA) is 80.4 Å². The number of carbonyl (C=O) groups excluding carboxylic acids is 1. The molecule has 0 fully saturated rings. The molecule has 0 bridgehead atoms. The van der Waals surface area contributed by atoms with Crippen molar-refractivity contribution in [3.8, 4) is 0 Å². The second-order valence-electron chi connectivity index (χ2n) is 2.01. The lowest BCUT2D eigenvalue weighted by atomic mass is 10.4. The van der Waals surface area contributed by atoms with Crippen LogP contribution in [0.25, 0.3) is 0 Å². The molecule has 0 rings (SSSR count). The van der Waals surface area contributed by atoms with E-state index in [1.165, 1.54) is 21.6 Å². The van der Waals surface area contributed by atoms with Crippen LogP contribution in [-0.4, -0.2) is 34.9 Å². The highest BCUT2D eigenvalue weighted by Crippen LogP contribution is 2.21. The largest absolute Gasteiger partial charge is 0.480 e. The third kappa shape index (κ3) is 6.51. The number of hydrogen-bond acceptors (Lipinski definition) is 5. The van der Waals surface area contributed by atoms with E-state index in [0.29, 0.717) is 17.9 Å². The van der Waals surface area contributed by atoms with Gasteiger partial charge < -0.3 is 15.6 Å². The van der Waals surface area contributed by atoms with Crippen molar-refractivity contribution in [2.75, 3.05) is 11.5 Å². The molecule has 0 unspecified atom stereocenters. The number of aliphatic carboxylic acids is 1. The van der Waals surface area contributed by atoms with Crippen LogP contribution in [0.1, 0.15) is 6.42 Å². The van der Waals surface area contributed by atoms with E-state index in [9.17, 15) is 9.59 Å². The maximum atomic E-state index is 10.2. The van der Waals surface area contributed by atoms with Crippen molar-refractivity contribution in [1.29, 1.82) is 0 Å². The van der Waals surface area contributed by atoms with E-state index in [4.69, 9.17) is 10.8 Å². The van der Waals surface area contributed by atoms with E-state index in [0.717, 1.165) is 6.29 Å². The van der Waals surface area contributed by atoms with Gasteiger partial charge in [0.05, 0.1) is 0 Å². The van der Waals surface area contributed by atoms with Crippen molar-refractivity contribution in [1.82, 2.24) is 0 Å². The Morgan fingerprint density at radius 1 is 1.58 bits per heavy atom. The molecule has 0 spiro atoms. The molecule has 4 nitrogen and oxygen atoms in total. The number of nitrogens with two attached hydrogens (primary N) is 1. The number of hydrogen-bond donors (Lipinski definition) is 2. The highest BCUT2D eigenvalue weighted by Gasteiger charge is 2.10. The summed E-state index contributed by atoms with van der Waals surface area (Å²) in [5, 5.41) is 8.38. The summed E-state index contributed by atoms with van der Waals surface area (Å²) in [6, 6.07) is -0.807. The average molecular weight is 209 g/mol. The van der Waals surface area contributed by atoms with Gasteiger partial charge in [-0.15, -0.1) is 0 Å². The van der Waals surface area contributed by atoms with Gasteiger partial charge in [0, 0.05) is 17.9 Å². The molecule has 1 atom stereocenters. The van der Waals surface area contributed by atoms with Crippen molar-refractivity contribution < 1.29 is 14.7 Å². The van der Waals surface area contributed by atoms with Crippen molar-refractivity contribution >= 4 is 33.8 Å². The Bertz CT molecular complexity index is 154. The molecule has 0 aliphatic carbocycles. The highest BCUT2D eigenvalue weighted by molar-refractivity contribution is 8.76. The summed E-state index contributed by atoms with van der Waals surface area (Å²) in [6.07, 6.45) is 1.34. The van der Waals surface area contributed by atoms with Gasteiger partial charge in [0.25, 0.3) is 0 Å². The zero-order chi connectivity index (χ0) is 9.40. The minimum absolute atomic E-state index is 0.374. The molecule has 0 aliphatic heterocycles. The van der Waals surface area contributed by atoms with Gasteiger partial charge in [-0.3, -0.25) is 4.79 Å². The number of rotatable bonds is 7. The van der Waals surface area contributed by atoms with Crippen molar-refractivity contribution in [2.24, 2.45) is 5.73 Å². The van der Waals surface area contributed by atoms with Crippen LogP contribution < -0.4 is 5.73 Å². The van der Waals surface area contributed by atoms with Gasteiger partial charge in [0.2, 0.25) is 0 Å². The van der Waals surface area contributed by atoms with Crippen LogP contribution >= 0.6 is 21.6 Å². The molecule has 0 saturated heterocycles. The van der Waals surface area contributed by atoms with Gasteiger partial charge in [-0.05, 0) is 0 Å². The van der Waals surface area contributed by atoms with E-state index in [1.807, 2.05) is 0 Å². The van der Waals surface area contributed by atoms with Gasteiger partial charge in [-0.25, -0.2) is 0 Å². The average Bonchev–Trinajstić information content (AvgIpc) is 2.03. The smallest absolute Gasteiger partial charge is 0.321 e. The summed E-state index contributed by atoms with van der Waals surface area (Å²) in [5.41, 5.74) is 5.23. The normalized spacial score (nSPS) is 12.4. The molecule has 0 amide bonds. The molecular formula is C6H11NO3S2. The Hall–Kier alpha value is -0.200. The van der Waals surface area contributed by atoms with Crippen molar-refractivity contribution in [3.05, 3.63) is 0 Å². The van der Waals surface area contributed by atoms with Crippen LogP contribution in [0.2, 0.25) is 0 Å².